The SMILES string of the molecule is Cc1cc(C(=O)Nc2nnc(SCC(=O)OCc3ccccc3)s2)c(C)o1. The molecule has 0 bridgehead atoms. The number of thioether (sulfide) groups is 1. The van der Waals surface area contributed by atoms with E-state index in [0.717, 1.165) is 5.56 Å². The summed E-state index contributed by atoms with van der Waals surface area (Å²) in [5, 5.41) is 10.9. The Morgan fingerprint density at radius 2 is 2.00 bits per heavy atom. The molecule has 9 heteroatoms. The van der Waals surface area contributed by atoms with Crippen LogP contribution in [-0.4, -0.2) is 27.8 Å². The topological polar surface area (TPSA) is 94.3 Å². The predicted octanol–water partition coefficient (Wildman–Crippen LogP) is 3.84. The van der Waals surface area contributed by atoms with E-state index in [0.29, 0.717) is 26.6 Å². The lowest BCUT2D eigenvalue weighted by Crippen LogP contribution is -2.11. The van der Waals surface area contributed by atoms with Crippen molar-refractivity contribution < 1.29 is 18.7 Å². The Labute approximate surface area is 164 Å². The lowest BCUT2D eigenvalue weighted by Gasteiger charge is -2.03. The van der Waals surface area contributed by atoms with E-state index >= 15 is 0 Å². The molecular weight excluding hydrogens is 386 g/mol. The van der Waals surface area contributed by atoms with Crippen LogP contribution in [-0.2, 0) is 16.1 Å². The molecule has 3 aromatic rings. The van der Waals surface area contributed by atoms with Crippen molar-refractivity contribution in [3.63, 3.8) is 0 Å². The second-order valence-corrected chi connectivity index (χ2v) is 7.79. The number of nitrogens with one attached hydrogen (secondary N) is 1. The maximum absolute atomic E-state index is 12.2. The van der Waals surface area contributed by atoms with Crippen LogP contribution in [0, 0.1) is 13.8 Å². The molecular formula is C18H17N3O4S2. The van der Waals surface area contributed by atoms with Gasteiger partial charge in [-0.2, -0.15) is 0 Å². The molecule has 0 radical (unpaired) electrons. The molecule has 0 saturated heterocycles. The van der Waals surface area contributed by atoms with Gasteiger partial charge in [-0.15, -0.1) is 10.2 Å². The van der Waals surface area contributed by atoms with Gasteiger partial charge >= 0.3 is 5.97 Å². The Morgan fingerprint density at radius 1 is 1.22 bits per heavy atom. The molecule has 0 unspecified atom stereocenters. The third kappa shape index (κ3) is 5.41. The number of ether oxygens (including phenoxy) is 1. The van der Waals surface area contributed by atoms with Gasteiger partial charge in [0.1, 0.15) is 18.1 Å². The number of aryl methyl sites for hydroxylation is 2. The number of rotatable bonds is 7. The molecule has 1 N–H and O–H groups in total. The normalized spacial score (nSPS) is 10.6. The zero-order chi connectivity index (χ0) is 19.2. The Kier molecular flexibility index (Phi) is 6.25. The van der Waals surface area contributed by atoms with E-state index in [2.05, 4.69) is 15.5 Å². The summed E-state index contributed by atoms with van der Waals surface area (Å²) < 4.78 is 11.1. The third-order valence-corrected chi connectivity index (χ3v) is 5.41. The van der Waals surface area contributed by atoms with Gasteiger partial charge < -0.3 is 9.15 Å². The van der Waals surface area contributed by atoms with Gasteiger partial charge in [-0.25, -0.2) is 0 Å². The van der Waals surface area contributed by atoms with E-state index in [4.69, 9.17) is 9.15 Å². The average molecular weight is 403 g/mol. The van der Waals surface area contributed by atoms with Gasteiger partial charge in [0.25, 0.3) is 5.91 Å². The highest BCUT2D eigenvalue weighted by Gasteiger charge is 2.16. The van der Waals surface area contributed by atoms with Gasteiger partial charge in [0.05, 0.1) is 11.3 Å². The van der Waals surface area contributed by atoms with Crippen LogP contribution in [0.1, 0.15) is 27.4 Å². The average Bonchev–Trinajstić information content (AvgIpc) is 3.24. The highest BCUT2D eigenvalue weighted by atomic mass is 32.2. The zero-order valence-corrected chi connectivity index (χ0v) is 16.4. The molecule has 140 valence electrons. The summed E-state index contributed by atoms with van der Waals surface area (Å²) >= 11 is 2.41. The molecule has 0 atom stereocenters. The predicted molar refractivity (Wildman–Crippen MR) is 103 cm³/mol. The summed E-state index contributed by atoms with van der Waals surface area (Å²) in [7, 11) is 0. The Hall–Kier alpha value is -2.65. The van der Waals surface area contributed by atoms with Crippen LogP contribution in [0.15, 0.2) is 45.2 Å². The fourth-order valence-corrected chi connectivity index (χ4v) is 3.78. The van der Waals surface area contributed by atoms with Gasteiger partial charge in [-0.1, -0.05) is 53.4 Å². The second-order valence-electron chi connectivity index (χ2n) is 5.59. The van der Waals surface area contributed by atoms with E-state index in [1.165, 1.54) is 23.1 Å². The molecule has 0 spiro atoms. The lowest BCUT2D eigenvalue weighted by atomic mass is 10.2. The molecule has 7 nitrogen and oxygen atoms in total. The largest absolute Gasteiger partial charge is 0.466 e. The molecule has 0 aliphatic carbocycles. The van der Waals surface area contributed by atoms with Crippen molar-refractivity contribution in [1.82, 2.24) is 10.2 Å². The fraction of sp³-hybridized carbons (Fsp3) is 0.222. The second kappa shape index (κ2) is 8.83. The molecule has 0 fully saturated rings. The van der Waals surface area contributed by atoms with Crippen LogP contribution in [0.25, 0.3) is 0 Å². The number of esters is 1. The molecule has 0 saturated carbocycles. The summed E-state index contributed by atoms with van der Waals surface area (Å²) in [5.41, 5.74) is 1.39. The maximum Gasteiger partial charge on any atom is 0.316 e. The summed E-state index contributed by atoms with van der Waals surface area (Å²) in [4.78, 5) is 24.1. The molecule has 3 rings (SSSR count). The molecule has 1 amide bonds. The Morgan fingerprint density at radius 3 is 2.70 bits per heavy atom. The smallest absolute Gasteiger partial charge is 0.316 e. The van der Waals surface area contributed by atoms with Crippen molar-refractivity contribution in [2.75, 3.05) is 11.1 Å². The van der Waals surface area contributed by atoms with Gasteiger partial charge in [-0.3, -0.25) is 14.9 Å². The number of anilines is 1. The fourth-order valence-electron chi connectivity index (χ4n) is 2.24. The van der Waals surface area contributed by atoms with Crippen molar-refractivity contribution in [3.05, 3.63) is 59.0 Å². The monoisotopic (exact) mass is 403 g/mol. The van der Waals surface area contributed by atoms with E-state index in [9.17, 15) is 9.59 Å². The molecule has 1 aromatic carbocycles. The van der Waals surface area contributed by atoms with Gasteiger partial charge in [0.15, 0.2) is 4.34 Å². The summed E-state index contributed by atoms with van der Waals surface area (Å²) in [5.74, 6) is 0.689. The van der Waals surface area contributed by atoms with Crippen molar-refractivity contribution in [3.8, 4) is 0 Å². The lowest BCUT2D eigenvalue weighted by molar-refractivity contribution is -0.141. The minimum atomic E-state index is -0.339. The number of carbonyl (C=O) groups is 2. The Bertz CT molecular complexity index is 937. The number of amides is 1. The molecule has 2 aromatic heterocycles. The van der Waals surface area contributed by atoms with Crippen molar-refractivity contribution >= 4 is 40.1 Å². The molecule has 0 aliphatic heterocycles. The summed E-state index contributed by atoms with van der Waals surface area (Å²) in [6, 6.07) is 11.1. The van der Waals surface area contributed by atoms with Crippen LogP contribution in [0.2, 0.25) is 0 Å². The van der Waals surface area contributed by atoms with Crippen LogP contribution in [0.4, 0.5) is 5.13 Å². The number of hydrogen-bond donors (Lipinski definition) is 1. The minimum Gasteiger partial charge on any atom is -0.466 e. The highest BCUT2D eigenvalue weighted by molar-refractivity contribution is 8.01. The first-order valence-corrected chi connectivity index (χ1v) is 9.85. The third-order valence-electron chi connectivity index (χ3n) is 3.47. The van der Waals surface area contributed by atoms with E-state index < -0.39 is 0 Å². The maximum atomic E-state index is 12.2. The molecule has 27 heavy (non-hydrogen) atoms. The van der Waals surface area contributed by atoms with Crippen molar-refractivity contribution in [2.24, 2.45) is 0 Å². The number of benzene rings is 1. The first-order chi connectivity index (χ1) is 13.0. The first kappa shape index (κ1) is 19.1. The summed E-state index contributed by atoms with van der Waals surface area (Å²) in [6.07, 6.45) is 0. The van der Waals surface area contributed by atoms with E-state index in [1.54, 1.807) is 19.9 Å². The number of carbonyl (C=O) groups excluding carboxylic acids is 2. The van der Waals surface area contributed by atoms with Crippen LogP contribution in [0.5, 0.6) is 0 Å². The van der Waals surface area contributed by atoms with Gasteiger partial charge in [0.2, 0.25) is 5.13 Å². The van der Waals surface area contributed by atoms with Crippen molar-refractivity contribution in [1.29, 1.82) is 0 Å². The highest BCUT2D eigenvalue weighted by Crippen LogP contribution is 2.26. The number of nitrogens with zero attached hydrogens (tertiary/aromatic N) is 2. The van der Waals surface area contributed by atoms with Crippen molar-refractivity contribution in [2.45, 2.75) is 24.8 Å². The number of furan rings is 1. The standard InChI is InChI=1S/C18H17N3O4S2/c1-11-8-14(12(2)25-11)16(23)19-17-20-21-18(27-17)26-10-15(22)24-9-13-6-4-3-5-7-13/h3-8H,9-10H2,1-2H3,(H,19,20,23). The van der Waals surface area contributed by atoms with E-state index in [1.807, 2.05) is 30.3 Å². The van der Waals surface area contributed by atoms with E-state index in [-0.39, 0.29) is 24.2 Å². The first-order valence-electron chi connectivity index (χ1n) is 8.05. The summed E-state index contributed by atoms with van der Waals surface area (Å²) in [6.45, 7) is 3.74. The van der Waals surface area contributed by atoms with Crippen LogP contribution in [0.3, 0.4) is 0 Å². The number of aromatic nitrogens is 2. The molecule has 2 heterocycles. The molecule has 0 aliphatic rings. The quantitative estimate of drug-likeness (QED) is 0.364. The van der Waals surface area contributed by atoms with Crippen LogP contribution >= 0.6 is 23.1 Å². The minimum absolute atomic E-state index is 0.120. The van der Waals surface area contributed by atoms with Gasteiger partial charge in [0, 0.05) is 0 Å². The van der Waals surface area contributed by atoms with Crippen LogP contribution < -0.4 is 5.32 Å². The zero-order valence-electron chi connectivity index (χ0n) is 14.7. The number of hydrogen-bond acceptors (Lipinski definition) is 8. The Balaban J connectivity index is 1.47. The van der Waals surface area contributed by atoms with Gasteiger partial charge in [-0.05, 0) is 25.5 Å².